The van der Waals surface area contributed by atoms with Gasteiger partial charge in [-0.15, -0.1) is 24.2 Å². The SMILES string of the molecule is Cc1cccc(COc2ccc(Sc3ccncc3C3OCCO3)cc2)c1.Cc1cccc(O)c1.ClCc1ccc(Sc2ccncc2C2OCCO2)cc1.O=C(O)c1ccc(S)cc1.O=C(O)c1ccc(Sc2ccncc2C2OCCO2)cc1.O=Cc1cnccc1Cl.O=Cc1cnccc1Sc1ccc(C(=O)O)cc1.O=S(Cl)Cl.OCCO.OCc1ccc(Sc2ccncc2C2OCCO2)cc1. The number of aryl methyl sites for hydroxylation is 2. The normalized spacial score (nSPS) is 13.0. The van der Waals surface area contributed by atoms with Crippen LogP contribution in [0.1, 0.15) is 127 Å². The molecule has 14 aromatic rings. The van der Waals surface area contributed by atoms with E-state index in [1.807, 2.05) is 104 Å². The highest BCUT2D eigenvalue weighted by Gasteiger charge is 2.27. The molecule has 0 bridgehead atoms. The number of carboxylic acid groups (broad SMARTS) is 3. The number of aromatic carboxylic acids is 3. The second kappa shape index (κ2) is 63.8. The molecule has 18 rings (SSSR count). The molecular formula is C102H96Cl4N6O22S7. The number of carbonyl (C=O) groups excluding carboxylic acids is 2. The van der Waals surface area contributed by atoms with E-state index in [0.29, 0.717) is 93.5 Å². The van der Waals surface area contributed by atoms with Crippen molar-refractivity contribution in [3.05, 3.63) is 388 Å². The smallest absolute Gasteiger partial charge is 0.335 e. The molecule has 28 nitrogen and oxygen atoms in total. The number of rotatable bonds is 25. The first-order valence-corrected chi connectivity index (χ1v) is 50.7. The van der Waals surface area contributed by atoms with E-state index in [9.17, 15) is 24.0 Å². The van der Waals surface area contributed by atoms with E-state index in [1.54, 1.807) is 151 Å². The average Bonchev–Trinajstić information content (AvgIpc) is 1.81. The molecule has 10 heterocycles. The van der Waals surface area contributed by atoms with Crippen LogP contribution in [0.25, 0.3) is 0 Å². The van der Waals surface area contributed by atoms with Crippen molar-refractivity contribution in [2.75, 3.05) is 66.1 Å². The van der Waals surface area contributed by atoms with Crippen LogP contribution in [0.3, 0.4) is 0 Å². The molecule has 7 N–H and O–H groups in total. The summed E-state index contributed by atoms with van der Waals surface area (Å²) in [7, 11) is 7.36. The van der Waals surface area contributed by atoms with Gasteiger partial charge in [0.25, 0.3) is 0 Å². The number of phenolic OH excluding ortho intramolecular Hbond substituents is 1. The van der Waals surface area contributed by atoms with Crippen LogP contribution in [-0.4, -0.2) is 166 Å². The molecular weight excluding hydrogens is 2030 g/mol. The number of carboxylic acids is 3. The second-order valence-electron chi connectivity index (χ2n) is 28.8. The van der Waals surface area contributed by atoms with E-state index in [4.69, 9.17) is 106 Å². The highest BCUT2D eigenvalue weighted by atomic mass is 36.0. The fourth-order valence-electron chi connectivity index (χ4n) is 11.9. The van der Waals surface area contributed by atoms with Gasteiger partial charge >= 0.3 is 17.9 Å². The summed E-state index contributed by atoms with van der Waals surface area (Å²) in [6, 6.07) is 70.5. The number of hydrogen-bond donors (Lipinski definition) is 8. The standard InChI is InChI=1S/C22H21NO3S.C15H14ClNO2S.C15H13NO4S.C15H15NO3S.C13H9NO3S.C7H6O2S.C7H8O.C6H4ClNO.C2H6O2.Cl2OS/c1-16-3-2-4-17(13-16)15-26-18-5-7-19(8-6-18)27-21-9-10-23-14-20(21)22-24-11-12-25-22;16-9-11-1-3-12(4-2-11)20-14-5-6-17-10-13(14)15-18-7-8-19-15;17-14(18)10-1-3-11(4-2-10)21-13-5-6-16-9-12(13)15-19-7-8-20-15;17-10-11-1-3-12(4-2-11)20-14-5-6-16-9-13(14)15-18-7-8-19-15;15-8-10-7-14-6-5-12(10)18-11-3-1-9(2-4-11)13(16)17;8-7(9)5-1-3-6(10)4-2-5;1-6-3-2-4-7(8)5-6;7-6-1-2-8-3-5(6)4-9;3-1-2-4;1-4(2)3/h2-10,13-14,22H,11-12,15H2,1H3;1-6,10,15H,7-9H2;1-6,9,15H,7-8H2,(H,17,18);1-6,9,15,17H,7-8,10H2;1-8H,(H,16,17);1-4,10H,(H,8,9);2-5,8H,1H3;1-4H;3-4H,1-2H2;. The number of aliphatic hydroxyl groups excluding tert-OH is 3. The first-order valence-electron chi connectivity index (χ1n) is 42.5. The highest BCUT2D eigenvalue weighted by molar-refractivity contribution is 8.26. The van der Waals surface area contributed by atoms with Gasteiger partial charge in [0, 0.05) is 183 Å². The summed E-state index contributed by atoms with van der Waals surface area (Å²) in [5.41, 5.74) is 11.1. The van der Waals surface area contributed by atoms with Gasteiger partial charge in [0.15, 0.2) is 37.7 Å². The number of ether oxygens (including phenoxy) is 9. The second-order valence-corrected chi connectivity index (χ2v) is 38.1. The minimum atomic E-state index is -1.67. The monoisotopic (exact) mass is 2120 g/mol. The summed E-state index contributed by atoms with van der Waals surface area (Å²) in [4.78, 5) is 88.0. The lowest BCUT2D eigenvalue weighted by atomic mass is 10.1. The van der Waals surface area contributed by atoms with Gasteiger partial charge < -0.3 is 78.4 Å². The van der Waals surface area contributed by atoms with Crippen LogP contribution < -0.4 is 4.74 Å². The Balaban J connectivity index is 0.000000182. The summed E-state index contributed by atoms with van der Waals surface area (Å²) >= 11 is 23.3. The Morgan fingerprint density at radius 2 is 0.709 bits per heavy atom. The van der Waals surface area contributed by atoms with Crippen molar-refractivity contribution in [2.45, 2.75) is 112 Å². The molecule has 0 aliphatic carbocycles. The number of thiol groups is 1. The van der Waals surface area contributed by atoms with Crippen molar-refractivity contribution >= 4 is 156 Å². The lowest BCUT2D eigenvalue weighted by molar-refractivity contribution is -0.0464. The number of aromatic hydroxyl groups is 1. The van der Waals surface area contributed by atoms with Crippen molar-refractivity contribution in [3.8, 4) is 11.5 Å². The number of aldehydes is 2. The van der Waals surface area contributed by atoms with Crippen molar-refractivity contribution in [3.63, 3.8) is 0 Å². The fraction of sp³-hybridized carbons (Fsp3) is 0.186. The van der Waals surface area contributed by atoms with Crippen LogP contribution in [0.15, 0.2) is 359 Å². The first-order chi connectivity index (χ1) is 68.4. The largest absolute Gasteiger partial charge is 0.508 e. The highest BCUT2D eigenvalue weighted by Crippen LogP contribution is 2.41. The van der Waals surface area contributed by atoms with Gasteiger partial charge in [-0.05, 0) is 206 Å². The van der Waals surface area contributed by atoms with Crippen molar-refractivity contribution in [2.24, 2.45) is 0 Å². The maximum Gasteiger partial charge on any atom is 0.335 e. The van der Waals surface area contributed by atoms with Crippen LogP contribution in [0.2, 0.25) is 5.02 Å². The number of aliphatic hydroxyl groups is 3. The van der Waals surface area contributed by atoms with Gasteiger partial charge in [-0.25, -0.2) is 18.6 Å². The number of benzene rings is 8. The van der Waals surface area contributed by atoms with Crippen LogP contribution in [0.5, 0.6) is 11.5 Å². The summed E-state index contributed by atoms with van der Waals surface area (Å²) in [5, 5.41) is 59.7. The zero-order valence-corrected chi connectivity index (χ0v) is 84.2. The molecule has 4 aliphatic rings. The quantitative estimate of drug-likeness (QED) is 0.0114. The van der Waals surface area contributed by atoms with E-state index in [-0.39, 0.29) is 61.7 Å². The first kappa shape index (κ1) is 114. The Labute approximate surface area is 862 Å². The molecule has 736 valence electrons. The molecule has 39 heteroatoms. The Bertz CT molecular complexity index is 6070. The molecule has 4 saturated heterocycles. The van der Waals surface area contributed by atoms with Gasteiger partial charge in [-0.3, -0.25) is 39.5 Å². The van der Waals surface area contributed by atoms with E-state index >= 15 is 0 Å². The minimum Gasteiger partial charge on any atom is -0.508 e. The molecule has 0 radical (unpaired) electrons. The van der Waals surface area contributed by atoms with E-state index in [1.165, 1.54) is 77.5 Å². The predicted molar refractivity (Wildman–Crippen MR) is 545 cm³/mol. The van der Waals surface area contributed by atoms with Gasteiger partial charge in [0.2, 0.25) is 9.23 Å². The Morgan fingerprint density at radius 3 is 1.01 bits per heavy atom. The zero-order valence-electron chi connectivity index (χ0n) is 75.4. The fourth-order valence-corrected chi connectivity index (χ4v) is 17.0. The number of alkyl halides is 1. The third kappa shape index (κ3) is 41.1. The van der Waals surface area contributed by atoms with Crippen LogP contribution in [0.4, 0.5) is 0 Å². The summed E-state index contributed by atoms with van der Waals surface area (Å²) in [6.45, 7) is 9.33. The van der Waals surface area contributed by atoms with Crippen molar-refractivity contribution in [1.29, 1.82) is 0 Å². The van der Waals surface area contributed by atoms with Crippen molar-refractivity contribution < 1.29 is 107 Å². The summed E-state index contributed by atoms with van der Waals surface area (Å²) in [6.07, 6.45) is 20.4. The predicted octanol–water partition coefficient (Wildman–Crippen LogP) is 22.6. The molecule has 8 aromatic carbocycles. The number of phenols is 1. The van der Waals surface area contributed by atoms with Gasteiger partial charge in [0.05, 0.1) is 100.0 Å². The van der Waals surface area contributed by atoms with E-state index in [2.05, 4.69) is 119 Å². The minimum absolute atomic E-state index is 0.0647. The van der Waals surface area contributed by atoms with Crippen LogP contribution in [0, 0.1) is 13.8 Å². The number of nitrogens with zero attached hydrogens (tertiary/aromatic N) is 6. The molecule has 0 atom stereocenters. The van der Waals surface area contributed by atoms with Gasteiger partial charge in [-0.1, -0.05) is 137 Å². The third-order valence-electron chi connectivity index (χ3n) is 18.7. The number of pyridine rings is 6. The number of aromatic nitrogens is 6. The molecule has 0 spiro atoms. The third-order valence-corrected chi connectivity index (χ3v) is 25.1. The molecule has 4 fully saturated rings. The summed E-state index contributed by atoms with van der Waals surface area (Å²) < 4.78 is 59.5. The van der Waals surface area contributed by atoms with Crippen LogP contribution in [-0.2, 0) is 66.2 Å². The van der Waals surface area contributed by atoms with E-state index in [0.717, 1.165) is 105 Å². The van der Waals surface area contributed by atoms with E-state index < -0.39 is 27.1 Å². The molecule has 0 unspecified atom stereocenters. The van der Waals surface area contributed by atoms with Gasteiger partial charge in [-0.2, -0.15) is 0 Å². The zero-order chi connectivity index (χ0) is 101. The Morgan fingerprint density at radius 1 is 0.404 bits per heavy atom. The molecule has 0 amide bonds. The average molecular weight is 2120 g/mol. The Hall–Kier alpha value is -11.0. The molecule has 6 aromatic heterocycles. The lowest BCUT2D eigenvalue weighted by Gasteiger charge is -2.13. The summed E-state index contributed by atoms with van der Waals surface area (Å²) in [5.74, 6) is -1.06. The topological polar surface area (TPSA) is 404 Å². The number of halogens is 4. The maximum atomic E-state index is 10.9. The maximum absolute atomic E-state index is 10.9. The molecule has 4 aliphatic heterocycles. The Kier molecular flexibility index (Phi) is 51.4. The van der Waals surface area contributed by atoms with Crippen molar-refractivity contribution in [1.82, 2.24) is 29.9 Å². The number of carbonyl (C=O) groups is 5. The lowest BCUT2D eigenvalue weighted by Crippen LogP contribution is -2.00. The van der Waals surface area contributed by atoms with Crippen LogP contribution >= 0.6 is 116 Å². The number of hydrogen-bond acceptors (Lipinski definition) is 31. The van der Waals surface area contributed by atoms with Gasteiger partial charge in [0.1, 0.15) is 18.1 Å². The molecule has 0 saturated carbocycles. The molecule has 141 heavy (non-hydrogen) atoms.